The fourth-order valence-corrected chi connectivity index (χ4v) is 6.56. The molecule has 3 aromatic rings. The Hall–Kier alpha value is -3.88. The first kappa shape index (κ1) is 30.2. The van der Waals surface area contributed by atoms with Crippen molar-refractivity contribution in [3.8, 4) is 5.75 Å². The smallest absolute Gasteiger partial charge is 0.253 e. The molecule has 2 saturated heterocycles. The van der Waals surface area contributed by atoms with E-state index in [0.29, 0.717) is 50.7 Å². The molecular formula is C36H44N4O4. The number of anilines is 1. The van der Waals surface area contributed by atoms with Gasteiger partial charge in [-0.25, -0.2) is 0 Å². The summed E-state index contributed by atoms with van der Waals surface area (Å²) < 4.78 is 12.0. The minimum absolute atomic E-state index is 0.0298. The molecule has 44 heavy (non-hydrogen) atoms. The van der Waals surface area contributed by atoms with Gasteiger partial charge in [0.05, 0.1) is 26.3 Å². The van der Waals surface area contributed by atoms with Gasteiger partial charge in [-0.2, -0.15) is 0 Å². The van der Waals surface area contributed by atoms with Crippen LogP contribution in [0.15, 0.2) is 72.8 Å². The Balaban J connectivity index is 1.17. The van der Waals surface area contributed by atoms with Crippen LogP contribution >= 0.6 is 0 Å². The predicted octanol–water partition coefficient (Wildman–Crippen LogP) is 4.29. The quantitative estimate of drug-likeness (QED) is 0.448. The number of likely N-dealkylation sites (N-methyl/N-ethyl adjacent to an activating group) is 1. The molecule has 0 aliphatic carbocycles. The van der Waals surface area contributed by atoms with E-state index in [1.807, 2.05) is 30.1 Å². The summed E-state index contributed by atoms with van der Waals surface area (Å²) in [4.78, 5) is 35.3. The number of carbonyl (C=O) groups excluding carboxylic acids is 2. The fraction of sp³-hybridized carbons (Fsp3) is 0.444. The van der Waals surface area contributed by atoms with E-state index in [2.05, 4.69) is 64.4 Å². The van der Waals surface area contributed by atoms with Crippen molar-refractivity contribution in [2.24, 2.45) is 0 Å². The van der Waals surface area contributed by atoms with Crippen LogP contribution in [-0.4, -0.2) is 106 Å². The highest BCUT2D eigenvalue weighted by Gasteiger charge is 2.25. The molecule has 3 aliphatic heterocycles. The van der Waals surface area contributed by atoms with Crippen molar-refractivity contribution in [1.29, 1.82) is 0 Å². The number of rotatable bonds is 4. The number of morpholine rings is 1. The van der Waals surface area contributed by atoms with Gasteiger partial charge in [-0.3, -0.25) is 14.5 Å². The van der Waals surface area contributed by atoms with Crippen LogP contribution in [0.25, 0.3) is 0 Å². The zero-order chi connectivity index (χ0) is 30.3. The molecule has 8 nitrogen and oxygen atoms in total. The Morgan fingerprint density at radius 3 is 2.41 bits per heavy atom. The van der Waals surface area contributed by atoms with Crippen LogP contribution in [0, 0.1) is 0 Å². The van der Waals surface area contributed by atoms with Gasteiger partial charge >= 0.3 is 0 Å². The molecule has 8 heteroatoms. The molecule has 0 atom stereocenters. The van der Waals surface area contributed by atoms with Crippen molar-refractivity contribution in [2.75, 3.05) is 84.1 Å². The number of amides is 2. The predicted molar refractivity (Wildman–Crippen MR) is 173 cm³/mol. The molecule has 0 saturated carbocycles. The lowest BCUT2D eigenvalue weighted by molar-refractivity contribution is -0.133. The number of likely N-dealkylation sites (tertiary alicyclic amines) is 1. The van der Waals surface area contributed by atoms with Crippen LogP contribution in [0.5, 0.6) is 5.75 Å². The highest BCUT2D eigenvalue weighted by molar-refractivity contribution is 5.94. The first-order valence-corrected chi connectivity index (χ1v) is 16.0. The van der Waals surface area contributed by atoms with E-state index in [1.165, 1.54) is 5.56 Å². The van der Waals surface area contributed by atoms with Gasteiger partial charge in [0.1, 0.15) is 12.4 Å². The maximum absolute atomic E-state index is 13.7. The van der Waals surface area contributed by atoms with Crippen molar-refractivity contribution in [1.82, 2.24) is 14.7 Å². The molecule has 2 fully saturated rings. The number of fused-ring (bicyclic) bond motifs is 3. The Morgan fingerprint density at radius 2 is 1.61 bits per heavy atom. The second kappa shape index (κ2) is 14.3. The van der Waals surface area contributed by atoms with Crippen molar-refractivity contribution < 1.29 is 19.1 Å². The van der Waals surface area contributed by atoms with Crippen molar-refractivity contribution in [2.45, 2.75) is 25.2 Å². The third-order valence-corrected chi connectivity index (χ3v) is 9.23. The molecule has 2 bridgehead atoms. The molecule has 0 radical (unpaired) electrons. The molecule has 3 aliphatic rings. The molecule has 0 spiro atoms. The number of benzene rings is 3. The molecule has 6 rings (SSSR count). The second-order valence-electron chi connectivity index (χ2n) is 12.2. The Bertz CT molecular complexity index is 1420. The summed E-state index contributed by atoms with van der Waals surface area (Å²) in [5.74, 6) is 1.43. The molecule has 2 amide bonds. The average Bonchev–Trinajstić information content (AvgIpc) is 3.07. The van der Waals surface area contributed by atoms with Crippen LogP contribution in [0.4, 0.5) is 5.69 Å². The Kier molecular flexibility index (Phi) is 9.78. The molecular weight excluding hydrogens is 552 g/mol. The number of piperidine rings is 1. The number of ether oxygens (including phenoxy) is 2. The zero-order valence-corrected chi connectivity index (χ0v) is 25.8. The number of hydrogen-bond donors (Lipinski definition) is 0. The minimum atomic E-state index is -0.0298. The lowest BCUT2D eigenvalue weighted by atomic mass is 9.89. The second-order valence-corrected chi connectivity index (χ2v) is 12.2. The lowest BCUT2D eigenvalue weighted by Crippen LogP contribution is -2.47. The summed E-state index contributed by atoms with van der Waals surface area (Å²) >= 11 is 0. The van der Waals surface area contributed by atoms with Gasteiger partial charge in [0.25, 0.3) is 5.91 Å². The van der Waals surface area contributed by atoms with Gasteiger partial charge in [-0.15, -0.1) is 0 Å². The monoisotopic (exact) mass is 596 g/mol. The van der Waals surface area contributed by atoms with Gasteiger partial charge in [0.15, 0.2) is 0 Å². The van der Waals surface area contributed by atoms with Gasteiger partial charge in [-0.1, -0.05) is 42.5 Å². The summed E-state index contributed by atoms with van der Waals surface area (Å²) in [6.07, 6.45) is 2.76. The molecule has 0 unspecified atom stereocenters. The third kappa shape index (κ3) is 7.42. The van der Waals surface area contributed by atoms with Gasteiger partial charge < -0.3 is 24.2 Å². The van der Waals surface area contributed by atoms with Crippen molar-refractivity contribution >= 4 is 17.5 Å². The van der Waals surface area contributed by atoms with E-state index in [-0.39, 0.29) is 11.8 Å². The minimum Gasteiger partial charge on any atom is -0.491 e. The van der Waals surface area contributed by atoms with Crippen molar-refractivity contribution in [3.63, 3.8) is 0 Å². The maximum atomic E-state index is 13.7. The lowest BCUT2D eigenvalue weighted by Gasteiger charge is -2.34. The average molecular weight is 597 g/mol. The maximum Gasteiger partial charge on any atom is 0.253 e. The standard InChI is InChI=1S/C36H44N4O4/c1-37-16-17-40(35(41)27-38-14-12-30(13-15-38)29-7-3-2-4-8-29)20-23-44-34-11-10-33(39-18-21-43-22-19-39)26-32(34)25-28-6-5-9-31(24-28)36(37)42/h2-11,24,26,30H,12-23,25,27H2,1H3. The Morgan fingerprint density at radius 1 is 0.818 bits per heavy atom. The van der Waals surface area contributed by atoms with Crippen LogP contribution in [-0.2, 0) is 16.0 Å². The molecule has 232 valence electrons. The van der Waals surface area contributed by atoms with E-state index < -0.39 is 0 Å². The van der Waals surface area contributed by atoms with E-state index in [4.69, 9.17) is 9.47 Å². The molecule has 0 N–H and O–H groups in total. The molecule has 3 aromatic carbocycles. The van der Waals surface area contributed by atoms with Gasteiger partial charge in [0, 0.05) is 56.5 Å². The topological polar surface area (TPSA) is 65.6 Å². The highest BCUT2D eigenvalue weighted by atomic mass is 16.5. The van der Waals surface area contributed by atoms with Gasteiger partial charge in [-0.05, 0) is 73.3 Å². The summed E-state index contributed by atoms with van der Waals surface area (Å²) in [7, 11) is 1.82. The normalized spacial score (nSPS) is 19.2. The van der Waals surface area contributed by atoms with E-state index in [9.17, 15) is 9.59 Å². The largest absolute Gasteiger partial charge is 0.491 e. The number of nitrogens with zero attached hydrogens (tertiary/aromatic N) is 4. The van der Waals surface area contributed by atoms with E-state index in [1.54, 1.807) is 4.90 Å². The van der Waals surface area contributed by atoms with Crippen LogP contribution in [0.1, 0.15) is 45.8 Å². The van der Waals surface area contributed by atoms with E-state index >= 15 is 0 Å². The van der Waals surface area contributed by atoms with Crippen molar-refractivity contribution in [3.05, 3.63) is 95.1 Å². The fourth-order valence-electron chi connectivity index (χ4n) is 6.56. The van der Waals surface area contributed by atoms with Crippen LogP contribution < -0.4 is 9.64 Å². The zero-order valence-electron chi connectivity index (χ0n) is 25.8. The van der Waals surface area contributed by atoms with Gasteiger partial charge in [0.2, 0.25) is 5.91 Å². The van der Waals surface area contributed by atoms with Crippen LogP contribution in [0.2, 0.25) is 0 Å². The summed E-state index contributed by atoms with van der Waals surface area (Å²) in [6, 6.07) is 24.9. The number of carbonyl (C=O) groups is 2. The molecule has 0 aromatic heterocycles. The summed E-state index contributed by atoms with van der Waals surface area (Å²) in [6.45, 7) is 7.15. The number of hydrogen-bond acceptors (Lipinski definition) is 6. The SMILES string of the molecule is CN1CCN(C(=O)CN2CCC(c3ccccc3)CC2)CCOc2ccc(N3CCOCC3)cc2Cc2cccc(c2)C1=O. The van der Waals surface area contributed by atoms with Crippen LogP contribution in [0.3, 0.4) is 0 Å². The first-order chi connectivity index (χ1) is 21.5. The third-order valence-electron chi connectivity index (χ3n) is 9.23. The summed E-state index contributed by atoms with van der Waals surface area (Å²) in [5, 5.41) is 0. The Labute approximate surface area is 261 Å². The first-order valence-electron chi connectivity index (χ1n) is 16.0. The summed E-state index contributed by atoms with van der Waals surface area (Å²) in [5.41, 5.74) is 5.34. The molecule has 3 heterocycles. The highest BCUT2D eigenvalue weighted by Crippen LogP contribution is 2.30. The van der Waals surface area contributed by atoms with E-state index in [0.717, 1.165) is 74.8 Å².